The Morgan fingerprint density at radius 2 is 1.73 bits per heavy atom. The Hall–Kier alpha value is -1.85. The number of nitrogens with zero attached hydrogens (tertiary/aromatic N) is 1. The average Bonchev–Trinajstić information content (AvgIpc) is 3.11. The summed E-state index contributed by atoms with van der Waals surface area (Å²) in [5.41, 5.74) is 0.238. The minimum absolute atomic E-state index is 0.0947. The van der Waals surface area contributed by atoms with Gasteiger partial charge in [-0.1, -0.05) is 23.4 Å². The summed E-state index contributed by atoms with van der Waals surface area (Å²) < 4.78 is 21.8. The largest absolute Gasteiger partial charge is 0.508 e. The van der Waals surface area contributed by atoms with Crippen LogP contribution in [0.3, 0.4) is 0 Å². The van der Waals surface area contributed by atoms with Gasteiger partial charge in [0.05, 0.1) is 22.5 Å². The second-order valence-corrected chi connectivity index (χ2v) is 8.49. The van der Waals surface area contributed by atoms with Crippen LogP contribution in [0.15, 0.2) is 52.4 Å². The third-order valence-corrected chi connectivity index (χ3v) is 6.39. The van der Waals surface area contributed by atoms with Crippen molar-refractivity contribution in [2.75, 3.05) is 6.61 Å². The van der Waals surface area contributed by atoms with E-state index in [0.29, 0.717) is 4.90 Å². The Balaban J connectivity index is 1.84. The Labute approximate surface area is 179 Å². The van der Waals surface area contributed by atoms with Gasteiger partial charge in [0, 0.05) is 16.0 Å². The van der Waals surface area contributed by atoms with E-state index >= 15 is 0 Å². The summed E-state index contributed by atoms with van der Waals surface area (Å²) in [4.78, 5) is 1.19. The zero-order chi connectivity index (χ0) is 21.6. The molecule has 1 aliphatic rings. The van der Waals surface area contributed by atoms with Crippen LogP contribution in [-0.2, 0) is 4.74 Å². The first-order valence-electron chi connectivity index (χ1n) is 9.07. The first-order chi connectivity index (χ1) is 14.3. The maximum absolute atomic E-state index is 14.8. The van der Waals surface area contributed by atoms with Crippen molar-refractivity contribution < 1.29 is 34.7 Å². The maximum atomic E-state index is 14.8. The van der Waals surface area contributed by atoms with E-state index in [1.54, 1.807) is 12.1 Å². The van der Waals surface area contributed by atoms with Crippen LogP contribution in [0.4, 0.5) is 4.39 Å². The first-order valence-corrected chi connectivity index (χ1v) is 10.3. The summed E-state index contributed by atoms with van der Waals surface area (Å²) in [6.07, 6.45) is -5.46. The molecule has 0 spiro atoms. The van der Waals surface area contributed by atoms with Crippen molar-refractivity contribution in [1.29, 1.82) is 0 Å². The number of benzene rings is 2. The van der Waals surface area contributed by atoms with Crippen LogP contribution in [0.5, 0.6) is 5.75 Å². The molecular formula is C20H19ClFNO6S. The Morgan fingerprint density at radius 3 is 2.40 bits per heavy atom. The molecule has 7 nitrogen and oxygen atoms in total. The number of hydrogen-bond acceptors (Lipinski definition) is 7. The van der Waals surface area contributed by atoms with E-state index in [9.17, 15) is 29.9 Å². The third kappa shape index (κ3) is 3.67. The summed E-state index contributed by atoms with van der Waals surface area (Å²) in [5, 5.41) is 50.0. The summed E-state index contributed by atoms with van der Waals surface area (Å²) in [5.74, 6) is -0.448. The minimum atomic E-state index is -1.58. The van der Waals surface area contributed by atoms with Crippen molar-refractivity contribution in [3.05, 3.63) is 53.4 Å². The number of aliphatic hydroxyl groups excluding tert-OH is 4. The molecule has 2 heterocycles. The zero-order valence-corrected chi connectivity index (χ0v) is 17.0. The summed E-state index contributed by atoms with van der Waals surface area (Å²) in [7, 11) is 0. The molecule has 160 valence electrons. The Bertz CT molecular complexity index is 1060. The topological polar surface area (TPSA) is 115 Å². The van der Waals surface area contributed by atoms with Crippen molar-refractivity contribution in [2.24, 2.45) is 0 Å². The average molecular weight is 456 g/mol. The number of phenols is 1. The molecule has 30 heavy (non-hydrogen) atoms. The van der Waals surface area contributed by atoms with Crippen LogP contribution in [0.1, 0.15) is 6.23 Å². The number of rotatable bonds is 4. The lowest BCUT2D eigenvalue weighted by molar-refractivity contribution is -0.250. The van der Waals surface area contributed by atoms with Gasteiger partial charge >= 0.3 is 0 Å². The molecule has 5 N–H and O–H groups in total. The van der Waals surface area contributed by atoms with Crippen LogP contribution >= 0.6 is 23.4 Å². The van der Waals surface area contributed by atoms with Gasteiger partial charge in [0.2, 0.25) is 0 Å². The molecule has 4 rings (SSSR count). The summed E-state index contributed by atoms with van der Waals surface area (Å²) in [6, 6.07) is 8.93. The van der Waals surface area contributed by atoms with E-state index in [1.165, 1.54) is 46.8 Å². The highest BCUT2D eigenvalue weighted by molar-refractivity contribution is 7.99. The van der Waals surface area contributed by atoms with Gasteiger partial charge in [-0.3, -0.25) is 0 Å². The molecule has 1 aliphatic heterocycles. The fourth-order valence-corrected chi connectivity index (χ4v) is 4.76. The third-order valence-electron chi connectivity index (χ3n) is 5.04. The van der Waals surface area contributed by atoms with E-state index in [-0.39, 0.29) is 21.7 Å². The van der Waals surface area contributed by atoms with Gasteiger partial charge in [-0.15, -0.1) is 0 Å². The van der Waals surface area contributed by atoms with Crippen molar-refractivity contribution in [3.8, 4) is 5.75 Å². The SMILES string of the molecule is OC[C@H]1O[C@@H](n2cc(Sc3ccc(O)cc3)c3c(F)ccc(Cl)c32)[C@H](O)[C@@H](O)[C@@H]1O. The summed E-state index contributed by atoms with van der Waals surface area (Å²) >= 11 is 7.56. The smallest absolute Gasteiger partial charge is 0.163 e. The molecule has 1 saturated heterocycles. The van der Waals surface area contributed by atoms with E-state index in [4.69, 9.17) is 16.3 Å². The maximum Gasteiger partial charge on any atom is 0.163 e. The first kappa shape index (κ1) is 21.4. The van der Waals surface area contributed by atoms with Crippen molar-refractivity contribution in [3.63, 3.8) is 0 Å². The molecule has 3 aromatic rings. The van der Waals surface area contributed by atoms with Gasteiger partial charge in [-0.25, -0.2) is 4.39 Å². The number of ether oxygens (including phenoxy) is 1. The van der Waals surface area contributed by atoms with Crippen LogP contribution in [0, 0.1) is 5.82 Å². The highest BCUT2D eigenvalue weighted by Gasteiger charge is 2.44. The van der Waals surface area contributed by atoms with E-state index < -0.39 is 43.1 Å². The highest BCUT2D eigenvalue weighted by Crippen LogP contribution is 2.42. The Morgan fingerprint density at radius 1 is 1.03 bits per heavy atom. The number of hydrogen-bond donors (Lipinski definition) is 5. The van der Waals surface area contributed by atoms with Gasteiger partial charge < -0.3 is 34.8 Å². The summed E-state index contributed by atoms with van der Waals surface area (Å²) in [6.45, 7) is -0.585. The molecule has 0 radical (unpaired) electrons. The van der Waals surface area contributed by atoms with Gasteiger partial charge in [-0.05, 0) is 36.4 Å². The fourth-order valence-electron chi connectivity index (χ4n) is 3.51. The van der Waals surface area contributed by atoms with Crippen LogP contribution < -0.4 is 0 Å². The predicted octanol–water partition coefficient (Wildman–Crippen LogP) is 2.26. The monoisotopic (exact) mass is 455 g/mol. The molecular weight excluding hydrogens is 437 g/mol. The molecule has 10 heteroatoms. The lowest BCUT2D eigenvalue weighted by Crippen LogP contribution is -2.56. The van der Waals surface area contributed by atoms with Crippen LogP contribution in [-0.4, -0.2) is 61.1 Å². The van der Waals surface area contributed by atoms with Crippen molar-refractivity contribution in [1.82, 2.24) is 4.57 Å². The molecule has 5 atom stereocenters. The second kappa shape index (κ2) is 8.35. The van der Waals surface area contributed by atoms with E-state index in [0.717, 1.165) is 4.90 Å². The second-order valence-electron chi connectivity index (χ2n) is 6.97. The number of phenolic OH excluding ortho intramolecular Hbond substituents is 1. The van der Waals surface area contributed by atoms with Gasteiger partial charge in [0.25, 0.3) is 0 Å². The van der Waals surface area contributed by atoms with Gasteiger partial charge in [0.1, 0.15) is 36.0 Å². The predicted molar refractivity (Wildman–Crippen MR) is 108 cm³/mol. The molecule has 1 fully saturated rings. The molecule has 0 amide bonds. The lowest BCUT2D eigenvalue weighted by atomic mass is 9.98. The fraction of sp³-hybridized carbons (Fsp3) is 0.300. The lowest BCUT2D eigenvalue weighted by Gasteiger charge is -2.40. The quantitative estimate of drug-likeness (QED) is 0.410. The van der Waals surface area contributed by atoms with Crippen LogP contribution in [0.2, 0.25) is 5.02 Å². The molecule has 2 aromatic carbocycles. The van der Waals surface area contributed by atoms with Gasteiger partial charge in [-0.2, -0.15) is 0 Å². The van der Waals surface area contributed by atoms with E-state index in [1.807, 2.05) is 0 Å². The number of aromatic nitrogens is 1. The molecule has 0 bridgehead atoms. The van der Waals surface area contributed by atoms with Crippen molar-refractivity contribution >= 4 is 34.3 Å². The number of aliphatic hydroxyl groups is 4. The number of fused-ring (bicyclic) bond motifs is 1. The molecule has 1 aromatic heterocycles. The number of aromatic hydroxyl groups is 1. The van der Waals surface area contributed by atoms with Gasteiger partial charge in [0.15, 0.2) is 6.23 Å². The minimum Gasteiger partial charge on any atom is -0.508 e. The molecule has 0 unspecified atom stereocenters. The number of halogens is 2. The standard InChI is InChI=1S/C20H19ClFNO6S/c21-11-5-6-12(22)15-14(30-10-3-1-9(25)2-4-10)7-23(16(11)15)20-19(28)18(27)17(26)13(8-24)29-20/h1-7,13,17-20,24-28H,8H2/t13-,17-,18+,19-,20-/m1/s1. The van der Waals surface area contributed by atoms with E-state index in [2.05, 4.69) is 0 Å². The Kier molecular flexibility index (Phi) is 5.95. The highest BCUT2D eigenvalue weighted by atomic mass is 35.5. The molecule has 0 aliphatic carbocycles. The normalized spacial score (nSPS) is 26.9. The van der Waals surface area contributed by atoms with Crippen LogP contribution in [0.25, 0.3) is 10.9 Å². The zero-order valence-electron chi connectivity index (χ0n) is 15.4. The molecule has 0 saturated carbocycles. The van der Waals surface area contributed by atoms with Crippen molar-refractivity contribution in [2.45, 2.75) is 40.4 Å².